The summed E-state index contributed by atoms with van der Waals surface area (Å²) in [5, 5.41) is 6.93. The van der Waals surface area contributed by atoms with Gasteiger partial charge in [0.25, 0.3) is 0 Å². The Balaban J connectivity index is 0.00000261. The van der Waals surface area contributed by atoms with Gasteiger partial charge in [-0.2, -0.15) is 0 Å². The number of para-hydroxylation sites is 2. The van der Waals surface area contributed by atoms with Gasteiger partial charge in [0.2, 0.25) is 0 Å². The van der Waals surface area contributed by atoms with E-state index in [-0.39, 0.29) is 24.0 Å². The number of aromatic nitrogens is 1. The first kappa shape index (κ1) is 21.4. The highest BCUT2D eigenvalue weighted by Gasteiger charge is 2.25. The Hall–Kier alpha value is -1.90. The van der Waals surface area contributed by atoms with Crippen LogP contribution in [0.15, 0.2) is 47.7 Å². The van der Waals surface area contributed by atoms with E-state index in [1.165, 1.54) is 5.56 Å². The molecule has 1 unspecified atom stereocenters. The van der Waals surface area contributed by atoms with E-state index in [9.17, 15) is 0 Å². The Bertz CT molecular complexity index is 745. The number of ether oxygens (including phenoxy) is 1. The van der Waals surface area contributed by atoms with Crippen molar-refractivity contribution in [3.8, 4) is 5.75 Å². The van der Waals surface area contributed by atoms with E-state index in [0.29, 0.717) is 12.6 Å². The number of halogens is 1. The average molecular weight is 483 g/mol. The van der Waals surface area contributed by atoms with Crippen LogP contribution in [-0.4, -0.2) is 43.3 Å². The van der Waals surface area contributed by atoms with Crippen LogP contribution in [0.3, 0.4) is 0 Å². The van der Waals surface area contributed by atoms with E-state index in [4.69, 9.17) is 9.73 Å². The fourth-order valence-corrected chi connectivity index (χ4v) is 3.33. The Morgan fingerprint density at radius 3 is 2.81 bits per heavy atom. The number of anilines is 1. The number of aliphatic imine (C=N–C) groups is 1. The molecule has 0 bridgehead atoms. The Kier molecular flexibility index (Phi) is 8.27. The highest BCUT2D eigenvalue weighted by Crippen LogP contribution is 2.30. The van der Waals surface area contributed by atoms with E-state index in [0.717, 1.165) is 43.5 Å². The van der Waals surface area contributed by atoms with Crippen molar-refractivity contribution < 1.29 is 4.74 Å². The molecule has 1 aliphatic heterocycles. The lowest BCUT2D eigenvalue weighted by molar-refractivity contribution is 0.415. The number of nitrogens with zero attached hydrogens (tertiary/aromatic N) is 3. The van der Waals surface area contributed by atoms with Crippen LogP contribution in [0.25, 0.3) is 0 Å². The Morgan fingerprint density at radius 1 is 1.30 bits per heavy atom. The van der Waals surface area contributed by atoms with E-state index < -0.39 is 0 Å². The third-order valence-corrected chi connectivity index (χ3v) is 4.61. The zero-order valence-electron chi connectivity index (χ0n) is 16.3. The first-order valence-corrected chi connectivity index (χ1v) is 9.23. The number of benzene rings is 1. The van der Waals surface area contributed by atoms with Gasteiger partial charge in [-0.1, -0.05) is 12.1 Å². The van der Waals surface area contributed by atoms with E-state index in [1.54, 1.807) is 7.11 Å². The molecule has 1 aliphatic rings. The van der Waals surface area contributed by atoms with Gasteiger partial charge < -0.3 is 24.8 Å². The minimum atomic E-state index is 0. The Labute approximate surface area is 179 Å². The van der Waals surface area contributed by atoms with Crippen molar-refractivity contribution in [3.05, 3.63) is 48.3 Å². The first-order valence-electron chi connectivity index (χ1n) is 9.23. The van der Waals surface area contributed by atoms with Crippen LogP contribution in [0, 0.1) is 0 Å². The van der Waals surface area contributed by atoms with Crippen molar-refractivity contribution in [3.63, 3.8) is 0 Å². The number of methoxy groups -OCH3 is 1. The second kappa shape index (κ2) is 10.4. The summed E-state index contributed by atoms with van der Waals surface area (Å²) in [6.45, 7) is 5.57. The summed E-state index contributed by atoms with van der Waals surface area (Å²) in [6.07, 6.45) is 5.23. The number of rotatable bonds is 6. The maximum absolute atomic E-state index is 5.50. The third-order valence-electron chi connectivity index (χ3n) is 4.61. The molecule has 148 valence electrons. The second-order valence-electron chi connectivity index (χ2n) is 6.63. The van der Waals surface area contributed by atoms with Gasteiger partial charge in [0.15, 0.2) is 5.96 Å². The highest BCUT2D eigenvalue weighted by molar-refractivity contribution is 14.0. The predicted molar refractivity (Wildman–Crippen MR) is 122 cm³/mol. The molecule has 2 N–H and O–H groups in total. The molecule has 1 aromatic heterocycles. The summed E-state index contributed by atoms with van der Waals surface area (Å²) in [5.74, 6) is 1.81. The van der Waals surface area contributed by atoms with E-state index in [1.807, 2.05) is 29.9 Å². The maximum Gasteiger partial charge on any atom is 0.191 e. The van der Waals surface area contributed by atoms with E-state index >= 15 is 0 Å². The summed E-state index contributed by atoms with van der Waals surface area (Å²) >= 11 is 0. The Morgan fingerprint density at radius 2 is 2.11 bits per heavy atom. The van der Waals surface area contributed by atoms with Gasteiger partial charge >= 0.3 is 0 Å². The largest absolute Gasteiger partial charge is 0.495 e. The van der Waals surface area contributed by atoms with Gasteiger partial charge in [-0.25, -0.2) is 4.99 Å². The predicted octanol–water partition coefficient (Wildman–Crippen LogP) is 2.99. The molecule has 7 heteroatoms. The SMILES string of the molecule is CCNC(=NCc1ccn(C)c1)NC1CCN(c2ccccc2OC)C1.I. The molecular weight excluding hydrogens is 453 g/mol. The maximum atomic E-state index is 5.50. The van der Waals surface area contributed by atoms with Gasteiger partial charge in [0.1, 0.15) is 5.75 Å². The van der Waals surface area contributed by atoms with E-state index in [2.05, 4.69) is 46.9 Å². The summed E-state index contributed by atoms with van der Waals surface area (Å²) in [6, 6.07) is 10.7. The summed E-state index contributed by atoms with van der Waals surface area (Å²) in [4.78, 5) is 7.10. The van der Waals surface area contributed by atoms with Crippen LogP contribution in [0.5, 0.6) is 5.75 Å². The van der Waals surface area contributed by atoms with Gasteiger partial charge in [-0.15, -0.1) is 24.0 Å². The quantitative estimate of drug-likeness (QED) is 0.377. The zero-order chi connectivity index (χ0) is 18.4. The van der Waals surface area contributed by atoms with Crippen molar-refractivity contribution in [1.82, 2.24) is 15.2 Å². The topological polar surface area (TPSA) is 53.8 Å². The van der Waals surface area contributed by atoms with Crippen LogP contribution >= 0.6 is 24.0 Å². The number of hydrogen-bond acceptors (Lipinski definition) is 3. The third kappa shape index (κ3) is 5.79. The van der Waals surface area contributed by atoms with Crippen LogP contribution in [0.4, 0.5) is 5.69 Å². The molecule has 0 spiro atoms. The van der Waals surface area contributed by atoms with Gasteiger partial charge in [-0.05, 0) is 37.1 Å². The number of nitrogens with one attached hydrogen (secondary N) is 2. The van der Waals surface area contributed by atoms with Crippen molar-refractivity contribution in [2.75, 3.05) is 31.6 Å². The standard InChI is InChI=1S/C20H29N5O.HI/c1-4-21-20(22-13-16-9-11-24(2)14-16)23-17-10-12-25(15-17)18-7-5-6-8-19(18)26-3;/h5-9,11,14,17H,4,10,12-13,15H2,1-3H3,(H2,21,22,23);1H. The molecule has 2 aromatic rings. The molecule has 1 fully saturated rings. The molecule has 0 radical (unpaired) electrons. The molecule has 2 heterocycles. The van der Waals surface area contributed by atoms with Crippen LogP contribution in [-0.2, 0) is 13.6 Å². The molecule has 1 aromatic carbocycles. The van der Waals surface area contributed by atoms with Gasteiger partial charge in [0, 0.05) is 45.1 Å². The smallest absolute Gasteiger partial charge is 0.191 e. The van der Waals surface area contributed by atoms with Gasteiger partial charge in [0.05, 0.1) is 19.3 Å². The fraction of sp³-hybridized carbons (Fsp3) is 0.450. The minimum Gasteiger partial charge on any atom is -0.495 e. The normalized spacial score (nSPS) is 16.8. The van der Waals surface area contributed by atoms with Gasteiger partial charge in [-0.3, -0.25) is 0 Å². The summed E-state index contributed by atoms with van der Waals surface area (Å²) in [7, 11) is 3.76. The lowest BCUT2D eigenvalue weighted by Gasteiger charge is -2.22. The molecule has 0 saturated carbocycles. The van der Waals surface area contributed by atoms with Crippen molar-refractivity contribution in [2.45, 2.75) is 25.9 Å². The summed E-state index contributed by atoms with van der Waals surface area (Å²) in [5.41, 5.74) is 2.37. The van der Waals surface area contributed by atoms with Crippen LogP contribution < -0.4 is 20.3 Å². The highest BCUT2D eigenvalue weighted by atomic mass is 127. The average Bonchev–Trinajstić information content (AvgIpc) is 3.29. The monoisotopic (exact) mass is 483 g/mol. The molecule has 1 saturated heterocycles. The second-order valence-corrected chi connectivity index (χ2v) is 6.63. The lowest BCUT2D eigenvalue weighted by Crippen LogP contribution is -2.44. The molecule has 27 heavy (non-hydrogen) atoms. The molecule has 3 rings (SSSR count). The number of hydrogen-bond donors (Lipinski definition) is 2. The van der Waals surface area contributed by atoms with Crippen molar-refractivity contribution in [2.24, 2.45) is 12.0 Å². The number of guanidine groups is 1. The van der Waals surface area contributed by atoms with Crippen molar-refractivity contribution in [1.29, 1.82) is 0 Å². The number of aryl methyl sites for hydroxylation is 1. The lowest BCUT2D eigenvalue weighted by atomic mass is 10.2. The molecule has 0 aliphatic carbocycles. The molecule has 0 amide bonds. The molecule has 1 atom stereocenters. The van der Waals surface area contributed by atoms with Crippen LogP contribution in [0.2, 0.25) is 0 Å². The summed E-state index contributed by atoms with van der Waals surface area (Å²) < 4.78 is 7.55. The molecule has 6 nitrogen and oxygen atoms in total. The first-order chi connectivity index (χ1) is 12.7. The van der Waals surface area contributed by atoms with Crippen molar-refractivity contribution >= 4 is 35.6 Å². The zero-order valence-corrected chi connectivity index (χ0v) is 18.6. The molecular formula is C20H30IN5O. The van der Waals surface area contributed by atoms with Crippen LogP contribution in [0.1, 0.15) is 18.9 Å². The fourth-order valence-electron chi connectivity index (χ4n) is 3.33. The minimum absolute atomic E-state index is 0.